The summed E-state index contributed by atoms with van der Waals surface area (Å²) in [5.74, 6) is 1.73. The largest absolute Gasteiger partial charge is 2.00 e. The molecule has 0 saturated carbocycles. The van der Waals surface area contributed by atoms with Crippen molar-refractivity contribution in [1.29, 1.82) is 0 Å². The molecule has 0 N–H and O–H groups in total. The van der Waals surface area contributed by atoms with Crippen LogP contribution in [0.2, 0.25) is 10.0 Å². The monoisotopic (exact) mass is 752 g/mol. The number of halogens is 2. The number of hydrogen-bond donors (Lipinski definition) is 0. The predicted molar refractivity (Wildman–Crippen MR) is 193 cm³/mol. The van der Waals surface area contributed by atoms with Crippen LogP contribution in [0.15, 0.2) is 146 Å². The summed E-state index contributed by atoms with van der Waals surface area (Å²) in [7, 11) is -1.89. The minimum Gasteiger partial charge on any atom is -0.455 e. The van der Waals surface area contributed by atoms with Crippen LogP contribution in [-0.4, -0.2) is 0 Å². The number of rotatable bonds is 6. The Balaban J connectivity index is 0.00000357. The standard InChI is InChI=1S/C39H30Cl2OP2.Pd/c1-39(2)31-24-15-25-33(43(27-16-7-3-8-17-27)28-18-9-4-10-19-28)37(31)42-38-34(26-32(40)36(41)35(38)39)44(29-20-11-5-12-21-29)30-22-13-6-14-23-30;/h3-26H,1-2H3;/q;+2. The molecule has 6 heteroatoms. The number of hydrogen-bond acceptors (Lipinski definition) is 1. The predicted octanol–water partition coefficient (Wildman–Crippen LogP) is 8.94. The Morgan fingerprint density at radius 3 is 1.38 bits per heavy atom. The van der Waals surface area contributed by atoms with Gasteiger partial charge in [0.15, 0.2) is 0 Å². The molecule has 224 valence electrons. The zero-order valence-corrected chi connectivity index (χ0v) is 29.6. The third-order valence-electron chi connectivity index (χ3n) is 8.19. The van der Waals surface area contributed by atoms with Crippen molar-refractivity contribution in [2.24, 2.45) is 0 Å². The molecular weight excluding hydrogens is 724 g/mol. The summed E-state index contributed by atoms with van der Waals surface area (Å²) in [5.41, 5.74) is 1.59. The molecule has 7 rings (SSSR count). The quantitative estimate of drug-likeness (QED) is 0.122. The maximum Gasteiger partial charge on any atom is 2.00 e. The van der Waals surface area contributed by atoms with Crippen LogP contribution in [-0.2, 0) is 25.8 Å². The molecule has 1 nitrogen and oxygen atoms in total. The second-order valence-corrected chi connectivity index (χ2v) is 16.4. The van der Waals surface area contributed by atoms with Gasteiger partial charge in [0, 0.05) is 27.2 Å². The van der Waals surface area contributed by atoms with E-state index in [1.165, 1.54) is 26.5 Å². The molecule has 6 aromatic rings. The van der Waals surface area contributed by atoms with E-state index in [2.05, 4.69) is 153 Å². The van der Waals surface area contributed by atoms with Gasteiger partial charge in [-0.25, -0.2) is 0 Å². The second kappa shape index (κ2) is 13.5. The van der Waals surface area contributed by atoms with Gasteiger partial charge >= 0.3 is 20.4 Å². The smallest absolute Gasteiger partial charge is 0.455 e. The summed E-state index contributed by atoms with van der Waals surface area (Å²) in [5, 5.41) is 8.37. The number of benzene rings is 6. The minimum atomic E-state index is -0.995. The van der Waals surface area contributed by atoms with Gasteiger partial charge in [-0.2, -0.15) is 0 Å². The molecule has 0 saturated heterocycles. The normalized spacial score (nSPS) is 13.0. The average molecular weight is 754 g/mol. The zero-order valence-electron chi connectivity index (χ0n) is 24.7. The fraction of sp³-hybridized carbons (Fsp3) is 0.0769. The molecule has 45 heavy (non-hydrogen) atoms. The van der Waals surface area contributed by atoms with E-state index >= 15 is 0 Å². The summed E-state index contributed by atoms with van der Waals surface area (Å²) in [6.45, 7) is 4.48. The van der Waals surface area contributed by atoms with E-state index in [0.29, 0.717) is 10.0 Å². The van der Waals surface area contributed by atoms with Crippen LogP contribution in [0.1, 0.15) is 25.0 Å². The fourth-order valence-corrected chi connectivity index (χ4v) is 11.6. The summed E-state index contributed by atoms with van der Waals surface area (Å²) in [6, 6.07) is 51.5. The zero-order chi connectivity index (χ0) is 30.3. The van der Waals surface area contributed by atoms with Gasteiger partial charge in [0.1, 0.15) is 11.5 Å². The van der Waals surface area contributed by atoms with Crippen molar-refractivity contribution >= 4 is 70.9 Å². The van der Waals surface area contributed by atoms with Crippen molar-refractivity contribution in [2.45, 2.75) is 19.3 Å². The van der Waals surface area contributed by atoms with E-state index in [-0.39, 0.29) is 20.4 Å². The van der Waals surface area contributed by atoms with Crippen molar-refractivity contribution < 1.29 is 25.2 Å². The molecule has 6 aromatic carbocycles. The van der Waals surface area contributed by atoms with Crippen LogP contribution >= 0.6 is 39.0 Å². The first-order chi connectivity index (χ1) is 21.4. The Bertz CT molecular complexity index is 1860. The van der Waals surface area contributed by atoms with Crippen molar-refractivity contribution in [3.8, 4) is 11.5 Å². The third-order valence-corrected chi connectivity index (χ3v) is 13.9. The SMILES string of the molecule is CC1(C)c2cccc(P(c3ccccc3)c3ccccc3)c2Oc2c(P(c3ccccc3)c3ccccc3)cc(Cl)c(Cl)c21.[Pd+2]. The first-order valence-electron chi connectivity index (χ1n) is 14.6. The van der Waals surface area contributed by atoms with Crippen molar-refractivity contribution in [3.05, 3.63) is 167 Å². The molecule has 0 aliphatic carbocycles. The Morgan fingerprint density at radius 1 is 0.511 bits per heavy atom. The Morgan fingerprint density at radius 2 is 0.933 bits per heavy atom. The molecule has 0 amide bonds. The summed E-state index contributed by atoms with van der Waals surface area (Å²) >= 11 is 14.1. The Hall–Kier alpha value is -2.78. The number of fused-ring (bicyclic) bond motifs is 2. The van der Waals surface area contributed by atoms with E-state index < -0.39 is 21.3 Å². The third kappa shape index (κ3) is 5.95. The molecule has 0 fully saturated rings. The molecule has 0 atom stereocenters. The van der Waals surface area contributed by atoms with Gasteiger partial charge in [-0.1, -0.05) is 177 Å². The van der Waals surface area contributed by atoms with Gasteiger partial charge in [-0.15, -0.1) is 0 Å². The first-order valence-corrected chi connectivity index (χ1v) is 18.0. The molecule has 1 aliphatic rings. The maximum absolute atomic E-state index is 7.25. The molecule has 1 aliphatic heterocycles. The van der Waals surface area contributed by atoms with E-state index in [9.17, 15) is 0 Å². The van der Waals surface area contributed by atoms with Gasteiger partial charge in [0.25, 0.3) is 0 Å². The molecule has 0 unspecified atom stereocenters. The summed E-state index contributed by atoms with van der Waals surface area (Å²) < 4.78 is 7.25. The fourth-order valence-electron chi connectivity index (χ4n) is 6.12. The molecule has 0 spiro atoms. The van der Waals surface area contributed by atoms with Crippen LogP contribution in [0, 0.1) is 0 Å². The second-order valence-electron chi connectivity index (χ2n) is 11.3. The van der Waals surface area contributed by atoms with Crippen LogP contribution in [0.3, 0.4) is 0 Å². The van der Waals surface area contributed by atoms with Crippen LogP contribution < -0.4 is 36.6 Å². The van der Waals surface area contributed by atoms with E-state index in [4.69, 9.17) is 27.9 Å². The van der Waals surface area contributed by atoms with Gasteiger partial charge in [0.2, 0.25) is 0 Å². The van der Waals surface area contributed by atoms with Crippen LogP contribution in [0.25, 0.3) is 0 Å². The first kappa shape index (κ1) is 32.2. The van der Waals surface area contributed by atoms with E-state index in [1.54, 1.807) is 0 Å². The topological polar surface area (TPSA) is 9.23 Å². The molecule has 0 radical (unpaired) electrons. The summed E-state index contributed by atoms with van der Waals surface area (Å²) in [6.07, 6.45) is 0. The van der Waals surface area contributed by atoms with Gasteiger partial charge in [0.05, 0.1) is 10.0 Å². The molecular formula is C39H30Cl2OP2Pd+2. The Kier molecular flexibility index (Phi) is 9.67. The van der Waals surface area contributed by atoms with E-state index in [1.807, 2.05) is 6.07 Å². The molecule has 1 heterocycles. The number of ether oxygens (including phenoxy) is 1. The van der Waals surface area contributed by atoms with Gasteiger partial charge < -0.3 is 4.74 Å². The van der Waals surface area contributed by atoms with Crippen molar-refractivity contribution in [3.63, 3.8) is 0 Å². The van der Waals surface area contributed by atoms with E-state index in [0.717, 1.165) is 27.9 Å². The van der Waals surface area contributed by atoms with Crippen LogP contribution in [0.5, 0.6) is 11.5 Å². The molecule has 0 bridgehead atoms. The van der Waals surface area contributed by atoms with Crippen molar-refractivity contribution in [2.75, 3.05) is 0 Å². The van der Waals surface area contributed by atoms with Crippen LogP contribution in [0.4, 0.5) is 0 Å². The minimum absolute atomic E-state index is 0. The average Bonchev–Trinajstić information content (AvgIpc) is 3.06. The van der Waals surface area contributed by atoms with Gasteiger partial charge in [-0.05, 0) is 43.1 Å². The Labute approximate surface area is 291 Å². The summed E-state index contributed by atoms with van der Waals surface area (Å²) in [4.78, 5) is 0. The van der Waals surface area contributed by atoms with Crippen molar-refractivity contribution in [1.82, 2.24) is 0 Å². The molecule has 0 aromatic heterocycles. The number of para-hydroxylation sites is 1. The maximum atomic E-state index is 7.25. The van der Waals surface area contributed by atoms with Gasteiger partial charge in [-0.3, -0.25) is 0 Å².